The van der Waals surface area contributed by atoms with Crippen LogP contribution in [0.5, 0.6) is 0 Å². The number of amides is 1. The van der Waals surface area contributed by atoms with Gasteiger partial charge in [0.2, 0.25) is 5.91 Å². The Labute approximate surface area is 109 Å². The molecule has 6 heteroatoms. The zero-order valence-corrected chi connectivity index (χ0v) is 11.5. The van der Waals surface area contributed by atoms with Gasteiger partial charge in [-0.1, -0.05) is 12.8 Å². The highest BCUT2D eigenvalue weighted by atomic mass is 32.2. The van der Waals surface area contributed by atoms with Gasteiger partial charge in [0.15, 0.2) is 9.84 Å². The minimum atomic E-state index is -2.90. The van der Waals surface area contributed by atoms with E-state index in [4.69, 9.17) is 0 Å². The first-order valence-electron chi connectivity index (χ1n) is 6.78. The highest BCUT2D eigenvalue weighted by molar-refractivity contribution is 7.91. The van der Waals surface area contributed by atoms with Gasteiger partial charge in [-0.15, -0.1) is 0 Å². The van der Waals surface area contributed by atoms with Crippen LogP contribution in [-0.4, -0.2) is 44.5 Å². The monoisotopic (exact) mass is 274 g/mol. The van der Waals surface area contributed by atoms with Crippen molar-refractivity contribution >= 4 is 15.7 Å². The molecular weight excluding hydrogens is 252 g/mol. The Morgan fingerprint density at radius 1 is 1.06 bits per heavy atom. The normalized spacial score (nSPS) is 28.1. The van der Waals surface area contributed by atoms with Gasteiger partial charge in [-0.05, 0) is 25.7 Å². The molecule has 0 aromatic carbocycles. The summed E-state index contributed by atoms with van der Waals surface area (Å²) in [6, 6.07) is 0.271. The first-order chi connectivity index (χ1) is 8.55. The molecule has 1 aliphatic carbocycles. The van der Waals surface area contributed by atoms with E-state index in [1.165, 1.54) is 12.8 Å². The van der Waals surface area contributed by atoms with Crippen molar-refractivity contribution in [3.8, 4) is 0 Å². The highest BCUT2D eigenvalue weighted by Crippen LogP contribution is 2.17. The number of nitrogens with one attached hydrogen (secondary N) is 2. The Balaban J connectivity index is 1.69. The maximum atomic E-state index is 11.7. The Kier molecular flexibility index (Phi) is 4.61. The average molecular weight is 274 g/mol. The highest BCUT2D eigenvalue weighted by Gasteiger charge is 2.25. The summed E-state index contributed by atoms with van der Waals surface area (Å²) >= 11 is 0. The Bertz CT molecular complexity index is 388. The van der Waals surface area contributed by atoms with Gasteiger partial charge in [-0.2, -0.15) is 0 Å². The third-order valence-electron chi connectivity index (χ3n) is 3.73. The van der Waals surface area contributed by atoms with Crippen molar-refractivity contribution in [3.63, 3.8) is 0 Å². The number of hydrogen-bond acceptors (Lipinski definition) is 4. The van der Waals surface area contributed by atoms with Crippen LogP contribution >= 0.6 is 0 Å². The van der Waals surface area contributed by atoms with Crippen molar-refractivity contribution in [2.45, 2.75) is 50.6 Å². The van der Waals surface area contributed by atoms with E-state index in [-0.39, 0.29) is 24.2 Å². The summed E-state index contributed by atoms with van der Waals surface area (Å²) in [5.41, 5.74) is 0. The molecular formula is C12H22N2O3S. The summed E-state index contributed by atoms with van der Waals surface area (Å²) in [4.78, 5) is 11.7. The van der Waals surface area contributed by atoms with Crippen LogP contribution in [0, 0.1) is 0 Å². The van der Waals surface area contributed by atoms with Gasteiger partial charge in [0, 0.05) is 12.1 Å². The molecule has 0 bridgehead atoms. The second-order valence-corrected chi connectivity index (χ2v) is 7.61. The van der Waals surface area contributed by atoms with E-state index in [1.807, 2.05) is 0 Å². The van der Waals surface area contributed by atoms with Gasteiger partial charge < -0.3 is 10.6 Å². The predicted octanol–water partition coefficient (Wildman–Crippen LogP) is 0.212. The van der Waals surface area contributed by atoms with Crippen LogP contribution in [0.25, 0.3) is 0 Å². The third kappa shape index (κ3) is 4.24. The molecule has 1 saturated carbocycles. The van der Waals surface area contributed by atoms with Crippen LogP contribution in [0.2, 0.25) is 0 Å². The average Bonchev–Trinajstić information content (AvgIpc) is 2.78. The van der Waals surface area contributed by atoms with Crippen LogP contribution < -0.4 is 10.6 Å². The van der Waals surface area contributed by atoms with E-state index in [0.29, 0.717) is 18.2 Å². The molecule has 1 amide bonds. The summed E-state index contributed by atoms with van der Waals surface area (Å²) in [7, 11) is -2.90. The number of rotatable bonds is 4. The molecule has 1 aliphatic heterocycles. The van der Waals surface area contributed by atoms with Gasteiger partial charge in [0.1, 0.15) is 0 Å². The van der Waals surface area contributed by atoms with E-state index in [1.54, 1.807) is 0 Å². The molecule has 2 rings (SSSR count). The molecule has 104 valence electrons. The van der Waals surface area contributed by atoms with Crippen LogP contribution in [-0.2, 0) is 14.6 Å². The summed E-state index contributed by atoms with van der Waals surface area (Å²) in [6.07, 6.45) is 6.08. The van der Waals surface area contributed by atoms with Crippen molar-refractivity contribution in [1.29, 1.82) is 0 Å². The predicted molar refractivity (Wildman–Crippen MR) is 70.1 cm³/mol. The molecule has 0 radical (unpaired) electrons. The third-order valence-corrected chi connectivity index (χ3v) is 5.56. The van der Waals surface area contributed by atoms with Crippen molar-refractivity contribution in [3.05, 3.63) is 0 Å². The van der Waals surface area contributed by atoms with Crippen LogP contribution in [0.3, 0.4) is 0 Å². The SMILES string of the molecule is O=C(CNC1CCCS(=O)(=O)C1)NC1CCCC1. The van der Waals surface area contributed by atoms with E-state index >= 15 is 0 Å². The first kappa shape index (κ1) is 13.8. The smallest absolute Gasteiger partial charge is 0.234 e. The van der Waals surface area contributed by atoms with E-state index in [9.17, 15) is 13.2 Å². The molecule has 1 atom stereocenters. The Morgan fingerprint density at radius 2 is 1.72 bits per heavy atom. The second kappa shape index (κ2) is 6.02. The molecule has 1 unspecified atom stereocenters. The molecule has 1 saturated heterocycles. The second-order valence-electron chi connectivity index (χ2n) is 5.38. The van der Waals surface area contributed by atoms with Crippen molar-refractivity contribution in [2.75, 3.05) is 18.1 Å². The van der Waals surface area contributed by atoms with Crippen molar-refractivity contribution in [2.24, 2.45) is 0 Å². The molecule has 5 nitrogen and oxygen atoms in total. The van der Waals surface area contributed by atoms with Gasteiger partial charge in [0.25, 0.3) is 0 Å². The van der Waals surface area contributed by atoms with Crippen LogP contribution in [0.1, 0.15) is 38.5 Å². The lowest BCUT2D eigenvalue weighted by Gasteiger charge is -2.23. The largest absolute Gasteiger partial charge is 0.352 e. The molecule has 2 N–H and O–H groups in total. The van der Waals surface area contributed by atoms with Gasteiger partial charge in [-0.3, -0.25) is 4.79 Å². The van der Waals surface area contributed by atoms with Crippen LogP contribution in [0.15, 0.2) is 0 Å². The molecule has 2 fully saturated rings. The molecule has 0 aromatic heterocycles. The van der Waals surface area contributed by atoms with Crippen molar-refractivity contribution in [1.82, 2.24) is 10.6 Å². The molecule has 0 spiro atoms. The number of carbonyl (C=O) groups excluding carboxylic acids is 1. The first-order valence-corrected chi connectivity index (χ1v) is 8.60. The van der Waals surface area contributed by atoms with E-state index < -0.39 is 9.84 Å². The van der Waals surface area contributed by atoms with Gasteiger partial charge in [0.05, 0.1) is 18.1 Å². The Morgan fingerprint density at radius 3 is 2.39 bits per heavy atom. The number of sulfone groups is 1. The maximum Gasteiger partial charge on any atom is 0.234 e. The summed E-state index contributed by atoms with van der Waals surface area (Å²) < 4.78 is 22.9. The quantitative estimate of drug-likeness (QED) is 0.768. The summed E-state index contributed by atoms with van der Waals surface area (Å²) in [5, 5.41) is 6.05. The summed E-state index contributed by atoms with van der Waals surface area (Å²) in [6.45, 7) is 0.233. The van der Waals surface area contributed by atoms with Gasteiger partial charge >= 0.3 is 0 Å². The van der Waals surface area contributed by atoms with E-state index in [0.717, 1.165) is 19.3 Å². The maximum absolute atomic E-state index is 11.7. The number of carbonyl (C=O) groups is 1. The Hall–Kier alpha value is -0.620. The molecule has 18 heavy (non-hydrogen) atoms. The lowest BCUT2D eigenvalue weighted by molar-refractivity contribution is -0.121. The van der Waals surface area contributed by atoms with Crippen LogP contribution in [0.4, 0.5) is 0 Å². The number of hydrogen-bond donors (Lipinski definition) is 2. The standard InChI is InChI=1S/C12H22N2O3S/c15-12(14-10-4-1-2-5-10)8-13-11-6-3-7-18(16,17)9-11/h10-11,13H,1-9H2,(H,14,15). The summed E-state index contributed by atoms with van der Waals surface area (Å²) in [5.74, 6) is 0.452. The minimum absolute atomic E-state index is 0.00938. The lowest BCUT2D eigenvalue weighted by atomic mass is 10.2. The zero-order valence-electron chi connectivity index (χ0n) is 10.7. The fourth-order valence-electron chi connectivity index (χ4n) is 2.77. The molecule has 1 heterocycles. The molecule has 0 aromatic rings. The fourth-order valence-corrected chi connectivity index (χ4v) is 4.44. The van der Waals surface area contributed by atoms with Gasteiger partial charge in [-0.25, -0.2) is 8.42 Å². The fraction of sp³-hybridized carbons (Fsp3) is 0.917. The molecule has 2 aliphatic rings. The van der Waals surface area contributed by atoms with E-state index in [2.05, 4.69) is 10.6 Å². The lowest BCUT2D eigenvalue weighted by Crippen LogP contribution is -2.46. The van der Waals surface area contributed by atoms with Crippen molar-refractivity contribution < 1.29 is 13.2 Å². The minimum Gasteiger partial charge on any atom is -0.352 e. The zero-order chi connectivity index (χ0) is 13.0. The topological polar surface area (TPSA) is 75.3 Å².